The second-order valence-corrected chi connectivity index (χ2v) is 8.92. The van der Waals surface area contributed by atoms with Crippen LogP contribution in [0.3, 0.4) is 0 Å². The predicted molar refractivity (Wildman–Crippen MR) is 99.5 cm³/mol. The molecule has 23 heavy (non-hydrogen) atoms. The summed E-state index contributed by atoms with van der Waals surface area (Å²) in [7, 11) is -1.55. The Balaban J connectivity index is 0.00000192. The Morgan fingerprint density at radius 3 is 2.96 bits per heavy atom. The topological polar surface area (TPSA) is 49.4 Å². The number of nitrogens with zero attached hydrogens (tertiary/aromatic N) is 1. The lowest BCUT2D eigenvalue weighted by atomic mass is 10.00. The van der Waals surface area contributed by atoms with E-state index < -0.39 is 10.0 Å². The van der Waals surface area contributed by atoms with E-state index in [9.17, 15) is 8.42 Å². The smallest absolute Gasteiger partial charge is 0.244 e. The molecule has 1 aliphatic heterocycles. The highest BCUT2D eigenvalue weighted by molar-refractivity contribution is 7.89. The first-order valence-corrected chi connectivity index (χ1v) is 10.0. The molecule has 1 atom stereocenters. The van der Waals surface area contributed by atoms with Gasteiger partial charge in [-0.15, -0.1) is 23.7 Å². The van der Waals surface area contributed by atoms with E-state index in [0.717, 1.165) is 29.5 Å². The number of benzene rings is 1. The second-order valence-electron chi connectivity index (χ2n) is 5.67. The minimum Gasteiger partial charge on any atom is -0.319 e. The Morgan fingerprint density at radius 1 is 1.43 bits per heavy atom. The number of hydrogen-bond donors (Lipinski definition) is 1. The lowest BCUT2D eigenvalue weighted by Crippen LogP contribution is -2.42. The maximum atomic E-state index is 13.0. The summed E-state index contributed by atoms with van der Waals surface area (Å²) in [6, 6.07) is 5.41. The third-order valence-electron chi connectivity index (χ3n) is 4.09. The van der Waals surface area contributed by atoms with Crippen LogP contribution in [0.25, 0.3) is 10.1 Å². The minimum absolute atomic E-state index is 0. The fourth-order valence-electron chi connectivity index (χ4n) is 3.02. The molecule has 1 unspecified atom stereocenters. The largest absolute Gasteiger partial charge is 0.319 e. The molecule has 1 N–H and O–H groups in total. The van der Waals surface area contributed by atoms with Crippen LogP contribution in [-0.2, 0) is 10.0 Å². The highest BCUT2D eigenvalue weighted by Gasteiger charge is 2.31. The van der Waals surface area contributed by atoms with Gasteiger partial charge in [-0.25, -0.2) is 8.42 Å². The van der Waals surface area contributed by atoms with Crippen molar-refractivity contribution in [2.24, 2.45) is 5.92 Å². The van der Waals surface area contributed by atoms with Gasteiger partial charge in [0.15, 0.2) is 0 Å². The van der Waals surface area contributed by atoms with E-state index in [1.165, 1.54) is 11.3 Å². The molecule has 0 spiro atoms. The maximum Gasteiger partial charge on any atom is 0.244 e. The minimum atomic E-state index is -3.46. The average molecular weight is 395 g/mol. The third-order valence-corrected chi connectivity index (χ3v) is 7.35. The Bertz CT molecular complexity index is 775. The normalized spacial score (nSPS) is 19.7. The van der Waals surface area contributed by atoms with Crippen molar-refractivity contribution in [2.45, 2.75) is 17.7 Å². The van der Waals surface area contributed by atoms with Crippen molar-refractivity contribution in [2.75, 3.05) is 26.7 Å². The van der Waals surface area contributed by atoms with Crippen LogP contribution in [0.4, 0.5) is 0 Å². The zero-order chi connectivity index (χ0) is 15.7. The second kappa shape index (κ2) is 7.68. The molecule has 0 radical (unpaired) electrons. The summed E-state index contributed by atoms with van der Waals surface area (Å²) in [5.74, 6) is 0.377. The third kappa shape index (κ3) is 3.83. The van der Waals surface area contributed by atoms with E-state index in [-0.39, 0.29) is 12.4 Å². The zero-order valence-corrected chi connectivity index (χ0v) is 16.0. The molecule has 1 aromatic carbocycles. The average Bonchev–Trinajstić information content (AvgIpc) is 2.91. The predicted octanol–water partition coefficient (Wildman–Crippen LogP) is 3.60. The van der Waals surface area contributed by atoms with Crippen molar-refractivity contribution in [3.63, 3.8) is 0 Å². The number of rotatable bonds is 4. The van der Waals surface area contributed by atoms with Gasteiger partial charge in [0.25, 0.3) is 0 Å². The number of nitrogens with one attached hydrogen (secondary N) is 1. The standard InChI is InChI=1S/C15H19ClN2O2S2.ClH/c1-17-8-11-3-2-6-18(9-11)22(19,20)15-10-21-14-5-4-12(16)7-13(14)15;/h4-5,7,10-11,17H,2-3,6,8-9H2,1H3;1H. The van der Waals surface area contributed by atoms with Crippen molar-refractivity contribution in [1.29, 1.82) is 0 Å². The first-order chi connectivity index (χ1) is 10.5. The van der Waals surface area contributed by atoms with Crippen LogP contribution in [0.2, 0.25) is 5.02 Å². The molecule has 1 aromatic heterocycles. The summed E-state index contributed by atoms with van der Waals surface area (Å²) >= 11 is 7.48. The molecule has 1 aliphatic rings. The van der Waals surface area contributed by atoms with Crippen molar-refractivity contribution in [3.05, 3.63) is 28.6 Å². The van der Waals surface area contributed by atoms with Gasteiger partial charge >= 0.3 is 0 Å². The molecular weight excluding hydrogens is 375 g/mol. The Hall–Kier alpha value is -0.370. The molecule has 2 heterocycles. The molecule has 4 nitrogen and oxygen atoms in total. The molecule has 8 heteroatoms. The highest BCUT2D eigenvalue weighted by atomic mass is 35.5. The van der Waals surface area contributed by atoms with E-state index in [2.05, 4.69) is 5.32 Å². The zero-order valence-electron chi connectivity index (χ0n) is 12.8. The first kappa shape index (κ1) is 19.0. The van der Waals surface area contributed by atoms with E-state index in [1.807, 2.05) is 13.1 Å². The lowest BCUT2D eigenvalue weighted by molar-refractivity contribution is 0.263. The Morgan fingerprint density at radius 2 is 2.22 bits per heavy atom. The van der Waals surface area contributed by atoms with Crippen LogP contribution in [0, 0.1) is 5.92 Å². The van der Waals surface area contributed by atoms with E-state index in [1.54, 1.807) is 21.8 Å². The number of fused-ring (bicyclic) bond motifs is 1. The Kier molecular flexibility index (Phi) is 6.33. The first-order valence-electron chi connectivity index (χ1n) is 7.34. The summed E-state index contributed by atoms with van der Waals surface area (Å²) in [6.07, 6.45) is 1.98. The summed E-state index contributed by atoms with van der Waals surface area (Å²) in [4.78, 5) is 0.389. The Labute approximate surface area is 152 Å². The van der Waals surface area contributed by atoms with Gasteiger partial charge in [0, 0.05) is 33.6 Å². The van der Waals surface area contributed by atoms with Gasteiger partial charge in [-0.05, 0) is 50.6 Å². The molecule has 0 saturated carbocycles. The molecule has 3 rings (SSSR count). The summed E-state index contributed by atoms with van der Waals surface area (Å²) in [5, 5.41) is 6.17. The molecule has 2 aromatic rings. The van der Waals surface area contributed by atoms with E-state index in [0.29, 0.717) is 28.9 Å². The lowest BCUT2D eigenvalue weighted by Gasteiger charge is -2.31. The van der Waals surface area contributed by atoms with Crippen LogP contribution < -0.4 is 5.32 Å². The molecular formula is C15H20Cl2N2O2S2. The monoisotopic (exact) mass is 394 g/mol. The van der Waals surface area contributed by atoms with Gasteiger partial charge in [0.2, 0.25) is 10.0 Å². The van der Waals surface area contributed by atoms with Crippen molar-refractivity contribution >= 4 is 55.5 Å². The van der Waals surface area contributed by atoms with Gasteiger partial charge in [0.05, 0.1) is 0 Å². The van der Waals surface area contributed by atoms with Crippen molar-refractivity contribution < 1.29 is 8.42 Å². The van der Waals surface area contributed by atoms with Crippen LogP contribution in [0.5, 0.6) is 0 Å². The van der Waals surface area contributed by atoms with Gasteiger partial charge in [-0.3, -0.25) is 0 Å². The van der Waals surface area contributed by atoms with Gasteiger partial charge in [-0.1, -0.05) is 11.6 Å². The highest BCUT2D eigenvalue weighted by Crippen LogP contribution is 2.34. The molecule has 1 fully saturated rings. The van der Waals surface area contributed by atoms with Crippen LogP contribution in [0.1, 0.15) is 12.8 Å². The SMILES string of the molecule is CNCC1CCCN(S(=O)(=O)c2csc3ccc(Cl)cc23)C1.Cl. The van der Waals surface area contributed by atoms with Gasteiger partial charge in [0.1, 0.15) is 4.90 Å². The van der Waals surface area contributed by atoms with Crippen LogP contribution in [0.15, 0.2) is 28.5 Å². The molecule has 0 aliphatic carbocycles. The number of thiophene rings is 1. The summed E-state index contributed by atoms with van der Waals surface area (Å²) in [5.41, 5.74) is 0. The molecule has 128 valence electrons. The van der Waals surface area contributed by atoms with Crippen LogP contribution in [-0.4, -0.2) is 39.4 Å². The van der Waals surface area contributed by atoms with Crippen molar-refractivity contribution in [3.8, 4) is 0 Å². The van der Waals surface area contributed by atoms with Crippen molar-refractivity contribution in [1.82, 2.24) is 9.62 Å². The number of sulfonamides is 1. The number of piperidine rings is 1. The number of hydrogen-bond acceptors (Lipinski definition) is 4. The van der Waals surface area contributed by atoms with Gasteiger partial charge < -0.3 is 5.32 Å². The maximum absolute atomic E-state index is 13.0. The van der Waals surface area contributed by atoms with E-state index >= 15 is 0 Å². The van der Waals surface area contributed by atoms with E-state index in [4.69, 9.17) is 11.6 Å². The molecule has 0 bridgehead atoms. The fraction of sp³-hybridized carbons (Fsp3) is 0.467. The number of halogens is 2. The summed E-state index contributed by atoms with van der Waals surface area (Å²) in [6.45, 7) is 2.03. The fourth-order valence-corrected chi connectivity index (χ4v) is 6.19. The quantitative estimate of drug-likeness (QED) is 0.861. The molecule has 1 saturated heterocycles. The summed E-state index contributed by atoms with van der Waals surface area (Å²) < 4.78 is 28.6. The van der Waals surface area contributed by atoms with Gasteiger partial charge in [-0.2, -0.15) is 4.31 Å². The molecule has 0 amide bonds. The van der Waals surface area contributed by atoms with Crippen LogP contribution >= 0.6 is 35.3 Å².